The molecule has 2 fully saturated rings. The van der Waals surface area contributed by atoms with Crippen molar-refractivity contribution in [1.82, 2.24) is 9.88 Å². The third-order valence-corrected chi connectivity index (χ3v) is 7.09. The summed E-state index contributed by atoms with van der Waals surface area (Å²) in [6.45, 7) is 2.40. The Hall–Kier alpha value is -2.79. The van der Waals surface area contributed by atoms with Crippen molar-refractivity contribution in [2.75, 3.05) is 26.3 Å². The van der Waals surface area contributed by atoms with Crippen LogP contribution in [0.1, 0.15) is 36.8 Å². The molecule has 0 spiro atoms. The second-order valence-electron chi connectivity index (χ2n) is 9.19. The number of para-hydroxylation sites is 1. The van der Waals surface area contributed by atoms with Gasteiger partial charge in [-0.25, -0.2) is 4.39 Å². The van der Waals surface area contributed by atoms with Crippen molar-refractivity contribution in [1.29, 1.82) is 0 Å². The predicted molar refractivity (Wildman–Crippen MR) is 123 cm³/mol. The summed E-state index contributed by atoms with van der Waals surface area (Å²) < 4.78 is 20.0. The number of pyridine rings is 1. The Morgan fingerprint density at radius 2 is 1.94 bits per heavy atom. The normalized spacial score (nSPS) is 20.9. The molecule has 1 amide bonds. The van der Waals surface area contributed by atoms with E-state index in [4.69, 9.17) is 4.74 Å². The molecule has 5 rings (SSSR count). The fraction of sp³-hybridized carbons (Fsp3) is 0.407. The molecule has 1 aliphatic carbocycles. The zero-order valence-electron chi connectivity index (χ0n) is 18.3. The molecular weight excluding hydrogens is 403 g/mol. The Morgan fingerprint density at radius 3 is 2.78 bits per heavy atom. The maximum atomic E-state index is 14.0. The SMILES string of the molecule is O=C(N1CCOC[C@H](Cc2cccc3cccnc23)C1)C1(c2cccc(F)c2)CCCC1. The minimum Gasteiger partial charge on any atom is -0.379 e. The molecule has 1 saturated carbocycles. The molecule has 0 unspecified atom stereocenters. The van der Waals surface area contributed by atoms with Gasteiger partial charge in [-0.1, -0.05) is 49.2 Å². The highest BCUT2D eigenvalue weighted by Gasteiger charge is 2.45. The number of amides is 1. The summed E-state index contributed by atoms with van der Waals surface area (Å²) in [4.78, 5) is 20.5. The first-order chi connectivity index (χ1) is 15.7. The molecule has 2 aliphatic rings. The quantitative estimate of drug-likeness (QED) is 0.589. The van der Waals surface area contributed by atoms with Crippen LogP contribution < -0.4 is 0 Å². The van der Waals surface area contributed by atoms with Gasteiger partial charge >= 0.3 is 0 Å². The van der Waals surface area contributed by atoms with Crippen LogP contribution in [-0.4, -0.2) is 42.1 Å². The summed E-state index contributed by atoms with van der Waals surface area (Å²) in [5.74, 6) is 0.0503. The number of fused-ring (bicyclic) bond motifs is 1. The zero-order chi connectivity index (χ0) is 22.0. The third kappa shape index (κ3) is 4.02. The van der Waals surface area contributed by atoms with Crippen molar-refractivity contribution >= 4 is 16.8 Å². The van der Waals surface area contributed by atoms with Gasteiger partial charge < -0.3 is 9.64 Å². The van der Waals surface area contributed by atoms with Gasteiger partial charge in [0.2, 0.25) is 5.91 Å². The van der Waals surface area contributed by atoms with Gasteiger partial charge in [-0.3, -0.25) is 9.78 Å². The maximum Gasteiger partial charge on any atom is 0.233 e. The molecule has 1 aromatic heterocycles. The van der Waals surface area contributed by atoms with Crippen LogP contribution in [0.3, 0.4) is 0 Å². The number of carbonyl (C=O) groups excluding carboxylic acids is 1. The predicted octanol–water partition coefficient (Wildman–Crippen LogP) is 4.90. The first-order valence-electron chi connectivity index (χ1n) is 11.6. The summed E-state index contributed by atoms with van der Waals surface area (Å²) in [6, 6.07) is 16.9. The molecule has 4 nitrogen and oxygen atoms in total. The number of carbonyl (C=O) groups is 1. The highest BCUT2D eigenvalue weighted by Crippen LogP contribution is 2.43. The Labute approximate surface area is 188 Å². The minimum absolute atomic E-state index is 0.132. The molecule has 2 aromatic carbocycles. The number of benzene rings is 2. The standard InChI is InChI=1S/C27H29FN2O2/c28-24-10-4-9-23(17-24)27(11-1-2-12-27)26(31)30-14-15-32-19-20(18-30)16-22-7-3-6-21-8-5-13-29-25(21)22/h3-10,13,17,20H,1-2,11-12,14-16,18-19H2/t20-/m1/s1. The lowest BCUT2D eigenvalue weighted by molar-refractivity contribution is -0.137. The van der Waals surface area contributed by atoms with E-state index in [1.54, 1.807) is 12.1 Å². The van der Waals surface area contributed by atoms with Crippen molar-refractivity contribution in [2.24, 2.45) is 5.92 Å². The second-order valence-corrected chi connectivity index (χ2v) is 9.19. The van der Waals surface area contributed by atoms with E-state index in [2.05, 4.69) is 29.2 Å². The van der Waals surface area contributed by atoms with E-state index in [0.717, 1.165) is 48.6 Å². The summed E-state index contributed by atoms with van der Waals surface area (Å²) in [6.07, 6.45) is 6.20. The second kappa shape index (κ2) is 8.99. The number of halogens is 1. The third-order valence-electron chi connectivity index (χ3n) is 7.09. The lowest BCUT2D eigenvalue weighted by atomic mass is 9.77. The van der Waals surface area contributed by atoms with Crippen molar-refractivity contribution in [3.05, 3.63) is 77.7 Å². The van der Waals surface area contributed by atoms with Gasteiger partial charge in [0.25, 0.3) is 0 Å². The molecule has 32 heavy (non-hydrogen) atoms. The Kier molecular flexibility index (Phi) is 5.92. The van der Waals surface area contributed by atoms with Gasteiger partial charge in [-0.15, -0.1) is 0 Å². The van der Waals surface area contributed by atoms with Gasteiger partial charge in [-0.05, 0) is 48.6 Å². The average molecular weight is 433 g/mol. The molecule has 1 aliphatic heterocycles. The van der Waals surface area contributed by atoms with Crippen LogP contribution in [0, 0.1) is 11.7 Å². The number of hydrogen-bond acceptors (Lipinski definition) is 3. The highest BCUT2D eigenvalue weighted by molar-refractivity contribution is 5.89. The van der Waals surface area contributed by atoms with Gasteiger partial charge in [0.15, 0.2) is 0 Å². The summed E-state index contributed by atoms with van der Waals surface area (Å²) in [5, 5.41) is 1.13. The fourth-order valence-electron chi connectivity index (χ4n) is 5.52. The Morgan fingerprint density at radius 1 is 1.12 bits per heavy atom. The smallest absolute Gasteiger partial charge is 0.233 e. The summed E-state index contributed by atoms with van der Waals surface area (Å²) >= 11 is 0. The van der Waals surface area contributed by atoms with Crippen LogP contribution in [-0.2, 0) is 21.4 Å². The van der Waals surface area contributed by atoms with Crippen molar-refractivity contribution in [3.63, 3.8) is 0 Å². The maximum absolute atomic E-state index is 14.0. The number of ether oxygens (including phenoxy) is 1. The molecular formula is C27H29FN2O2. The molecule has 0 bridgehead atoms. The minimum atomic E-state index is -0.613. The van der Waals surface area contributed by atoms with Crippen molar-refractivity contribution in [3.8, 4) is 0 Å². The lowest BCUT2D eigenvalue weighted by Gasteiger charge is -2.35. The first kappa shape index (κ1) is 21.1. The van der Waals surface area contributed by atoms with Crippen molar-refractivity contribution in [2.45, 2.75) is 37.5 Å². The molecule has 0 N–H and O–H groups in total. The highest BCUT2D eigenvalue weighted by atomic mass is 19.1. The Balaban J connectivity index is 1.40. The van der Waals surface area contributed by atoms with Gasteiger partial charge in [-0.2, -0.15) is 0 Å². The molecule has 2 heterocycles. The largest absolute Gasteiger partial charge is 0.379 e. The zero-order valence-corrected chi connectivity index (χ0v) is 18.3. The van der Waals surface area contributed by atoms with Crippen LogP contribution in [0.5, 0.6) is 0 Å². The van der Waals surface area contributed by atoms with E-state index >= 15 is 0 Å². The van der Waals surface area contributed by atoms with E-state index < -0.39 is 5.41 Å². The van der Waals surface area contributed by atoms with Gasteiger partial charge in [0.05, 0.1) is 24.1 Å². The van der Waals surface area contributed by atoms with E-state index in [1.165, 1.54) is 11.6 Å². The monoisotopic (exact) mass is 432 g/mol. The molecule has 1 atom stereocenters. The summed E-state index contributed by atoms with van der Waals surface area (Å²) in [5.41, 5.74) is 2.41. The van der Waals surface area contributed by atoms with Crippen molar-refractivity contribution < 1.29 is 13.9 Å². The van der Waals surface area contributed by atoms with E-state index in [1.807, 2.05) is 23.2 Å². The molecule has 1 saturated heterocycles. The molecule has 3 aromatic rings. The number of rotatable bonds is 4. The van der Waals surface area contributed by atoms with E-state index in [0.29, 0.717) is 26.3 Å². The number of aromatic nitrogens is 1. The Bertz CT molecular complexity index is 1100. The average Bonchev–Trinajstić information content (AvgIpc) is 3.21. The molecule has 166 valence electrons. The van der Waals surface area contributed by atoms with E-state index in [9.17, 15) is 9.18 Å². The topological polar surface area (TPSA) is 42.4 Å². The van der Waals surface area contributed by atoms with Crippen LogP contribution in [0.4, 0.5) is 4.39 Å². The van der Waals surface area contributed by atoms with Crippen LogP contribution in [0.15, 0.2) is 60.8 Å². The number of hydrogen-bond donors (Lipinski definition) is 0. The summed E-state index contributed by atoms with van der Waals surface area (Å²) in [7, 11) is 0. The van der Waals surface area contributed by atoms with Gasteiger partial charge in [0.1, 0.15) is 5.82 Å². The number of nitrogens with zero attached hydrogens (tertiary/aromatic N) is 2. The lowest BCUT2D eigenvalue weighted by Crippen LogP contribution is -2.47. The fourth-order valence-corrected chi connectivity index (χ4v) is 5.52. The van der Waals surface area contributed by atoms with E-state index in [-0.39, 0.29) is 17.6 Å². The van der Waals surface area contributed by atoms with Crippen LogP contribution in [0.25, 0.3) is 10.9 Å². The van der Waals surface area contributed by atoms with Gasteiger partial charge in [0, 0.05) is 30.6 Å². The molecule has 5 heteroatoms. The van der Waals surface area contributed by atoms with Crippen LogP contribution >= 0.6 is 0 Å². The molecule has 0 radical (unpaired) electrons. The first-order valence-corrected chi connectivity index (χ1v) is 11.6. The van der Waals surface area contributed by atoms with Crippen LogP contribution in [0.2, 0.25) is 0 Å².